The summed E-state index contributed by atoms with van der Waals surface area (Å²) in [7, 11) is 1.85. The minimum atomic E-state index is -0.220. The third kappa shape index (κ3) is 3.52. The van der Waals surface area contributed by atoms with Crippen molar-refractivity contribution in [1.29, 1.82) is 5.26 Å². The Morgan fingerprint density at radius 3 is 2.90 bits per heavy atom. The fourth-order valence-electron chi connectivity index (χ4n) is 1.75. The highest BCUT2D eigenvalue weighted by atomic mass is 79.9. The van der Waals surface area contributed by atoms with Gasteiger partial charge in [-0.25, -0.2) is 14.4 Å². The topological polar surface area (TPSA) is 52.8 Å². The number of benzene rings is 1. The fourth-order valence-corrected chi connectivity index (χ4v) is 2.16. The Morgan fingerprint density at radius 2 is 2.15 bits per heavy atom. The number of rotatable bonds is 4. The van der Waals surface area contributed by atoms with Crippen LogP contribution < -0.4 is 4.90 Å². The van der Waals surface area contributed by atoms with E-state index < -0.39 is 0 Å². The molecule has 0 fully saturated rings. The lowest BCUT2D eigenvalue weighted by Crippen LogP contribution is -2.22. The first-order chi connectivity index (χ1) is 9.60. The summed E-state index contributed by atoms with van der Waals surface area (Å²) in [4.78, 5) is 9.78. The van der Waals surface area contributed by atoms with Gasteiger partial charge in [0.25, 0.3) is 0 Å². The minimum Gasteiger partial charge on any atom is -0.359 e. The lowest BCUT2D eigenvalue weighted by atomic mass is 10.1. The SMILES string of the molecule is CN(CCc1cc(Br)ccc1F)c1cc(C#N)ncn1. The van der Waals surface area contributed by atoms with Gasteiger partial charge in [-0.2, -0.15) is 5.26 Å². The second kappa shape index (κ2) is 6.44. The molecule has 1 aromatic carbocycles. The van der Waals surface area contributed by atoms with Gasteiger partial charge in [-0.3, -0.25) is 0 Å². The van der Waals surface area contributed by atoms with Crippen molar-refractivity contribution in [2.75, 3.05) is 18.5 Å². The lowest BCUT2D eigenvalue weighted by molar-refractivity contribution is 0.607. The molecule has 0 saturated carbocycles. The molecule has 2 aromatic rings. The molecule has 4 nitrogen and oxygen atoms in total. The quantitative estimate of drug-likeness (QED) is 0.862. The molecule has 2 rings (SSSR count). The summed E-state index contributed by atoms with van der Waals surface area (Å²) < 4.78 is 14.5. The van der Waals surface area contributed by atoms with Crippen LogP contribution in [0.3, 0.4) is 0 Å². The number of hydrogen-bond donors (Lipinski definition) is 0. The summed E-state index contributed by atoms with van der Waals surface area (Å²) in [6, 6.07) is 8.46. The molecule has 0 unspecified atom stereocenters. The molecule has 1 heterocycles. The Bertz CT molecular complexity index is 654. The van der Waals surface area contributed by atoms with E-state index in [2.05, 4.69) is 25.9 Å². The highest BCUT2D eigenvalue weighted by Gasteiger charge is 2.07. The van der Waals surface area contributed by atoms with Gasteiger partial charge in [0.15, 0.2) is 0 Å². The molecule has 0 N–H and O–H groups in total. The molecule has 6 heteroatoms. The maximum atomic E-state index is 13.6. The van der Waals surface area contributed by atoms with E-state index in [1.165, 1.54) is 12.4 Å². The van der Waals surface area contributed by atoms with E-state index in [4.69, 9.17) is 5.26 Å². The van der Waals surface area contributed by atoms with Crippen molar-refractivity contribution in [2.45, 2.75) is 6.42 Å². The Labute approximate surface area is 125 Å². The summed E-state index contributed by atoms with van der Waals surface area (Å²) >= 11 is 3.33. The summed E-state index contributed by atoms with van der Waals surface area (Å²) in [5.74, 6) is 0.425. The normalized spacial score (nSPS) is 10.1. The van der Waals surface area contributed by atoms with Crippen molar-refractivity contribution in [3.05, 3.63) is 52.1 Å². The second-order valence-electron chi connectivity index (χ2n) is 4.28. The number of hydrogen-bond acceptors (Lipinski definition) is 4. The lowest BCUT2D eigenvalue weighted by Gasteiger charge is -2.18. The van der Waals surface area contributed by atoms with Crippen LogP contribution in [0.1, 0.15) is 11.3 Å². The van der Waals surface area contributed by atoms with Crippen molar-refractivity contribution >= 4 is 21.7 Å². The van der Waals surface area contributed by atoms with Gasteiger partial charge in [0.2, 0.25) is 0 Å². The average molecular weight is 335 g/mol. The maximum absolute atomic E-state index is 13.6. The number of aromatic nitrogens is 2. The Hall–Kier alpha value is -2.00. The van der Waals surface area contributed by atoms with E-state index in [-0.39, 0.29) is 5.82 Å². The molecule has 0 atom stereocenters. The maximum Gasteiger partial charge on any atom is 0.145 e. The van der Waals surface area contributed by atoms with Gasteiger partial charge >= 0.3 is 0 Å². The minimum absolute atomic E-state index is 0.220. The van der Waals surface area contributed by atoms with Gasteiger partial charge in [-0.1, -0.05) is 15.9 Å². The highest BCUT2D eigenvalue weighted by Crippen LogP contribution is 2.17. The van der Waals surface area contributed by atoms with Crippen LogP contribution in [0, 0.1) is 17.1 Å². The second-order valence-corrected chi connectivity index (χ2v) is 5.20. The Morgan fingerprint density at radius 1 is 1.35 bits per heavy atom. The van der Waals surface area contributed by atoms with Crippen LogP contribution in [-0.2, 0) is 6.42 Å². The van der Waals surface area contributed by atoms with Crippen LogP contribution in [0.15, 0.2) is 35.1 Å². The van der Waals surface area contributed by atoms with Crippen molar-refractivity contribution in [3.8, 4) is 6.07 Å². The molecule has 102 valence electrons. The monoisotopic (exact) mass is 334 g/mol. The number of halogens is 2. The van der Waals surface area contributed by atoms with E-state index in [0.29, 0.717) is 30.0 Å². The van der Waals surface area contributed by atoms with Crippen LogP contribution in [0.5, 0.6) is 0 Å². The van der Waals surface area contributed by atoms with Gasteiger partial charge in [-0.15, -0.1) is 0 Å². The number of nitriles is 1. The van der Waals surface area contributed by atoms with Crippen LogP contribution >= 0.6 is 15.9 Å². The van der Waals surface area contributed by atoms with Crippen molar-refractivity contribution in [2.24, 2.45) is 0 Å². The molecule has 0 bridgehead atoms. The van der Waals surface area contributed by atoms with E-state index >= 15 is 0 Å². The van der Waals surface area contributed by atoms with E-state index in [9.17, 15) is 4.39 Å². The van der Waals surface area contributed by atoms with Gasteiger partial charge in [0.1, 0.15) is 29.7 Å². The van der Waals surface area contributed by atoms with Crippen LogP contribution in [0.2, 0.25) is 0 Å². The summed E-state index contributed by atoms with van der Waals surface area (Å²) in [6.07, 6.45) is 1.90. The molecule has 0 aliphatic heterocycles. The van der Waals surface area contributed by atoms with Crippen molar-refractivity contribution < 1.29 is 4.39 Å². The molecule has 1 aromatic heterocycles. The zero-order chi connectivity index (χ0) is 14.5. The van der Waals surface area contributed by atoms with E-state index in [0.717, 1.165) is 4.47 Å². The van der Waals surface area contributed by atoms with Gasteiger partial charge < -0.3 is 4.90 Å². The van der Waals surface area contributed by atoms with Crippen LogP contribution in [-0.4, -0.2) is 23.6 Å². The number of anilines is 1. The zero-order valence-electron chi connectivity index (χ0n) is 10.8. The molecule has 0 saturated heterocycles. The first kappa shape index (κ1) is 14.4. The average Bonchev–Trinajstić information content (AvgIpc) is 2.48. The smallest absolute Gasteiger partial charge is 0.145 e. The molecule has 0 spiro atoms. The standard InChI is InChI=1S/C14H12BrFN4/c1-20(14-7-12(8-17)18-9-19-14)5-4-10-6-11(15)2-3-13(10)16/h2-3,6-7,9H,4-5H2,1H3. The molecular formula is C14H12BrFN4. The number of likely N-dealkylation sites (N-methyl/N-ethyl adjacent to an activating group) is 1. The summed E-state index contributed by atoms with van der Waals surface area (Å²) in [6.45, 7) is 0.593. The number of nitrogens with zero attached hydrogens (tertiary/aromatic N) is 4. The predicted octanol–water partition coefficient (Wildman–Crippen LogP) is 2.93. The Kier molecular flexibility index (Phi) is 4.64. The predicted molar refractivity (Wildman–Crippen MR) is 77.8 cm³/mol. The van der Waals surface area contributed by atoms with E-state index in [1.807, 2.05) is 18.0 Å². The third-order valence-electron chi connectivity index (χ3n) is 2.88. The van der Waals surface area contributed by atoms with Crippen LogP contribution in [0.25, 0.3) is 0 Å². The molecule has 20 heavy (non-hydrogen) atoms. The molecule has 0 aliphatic carbocycles. The first-order valence-electron chi connectivity index (χ1n) is 5.97. The van der Waals surface area contributed by atoms with Gasteiger partial charge in [0.05, 0.1) is 0 Å². The summed E-state index contributed by atoms with van der Waals surface area (Å²) in [5.41, 5.74) is 0.955. The molecule has 0 amide bonds. The zero-order valence-corrected chi connectivity index (χ0v) is 12.4. The summed E-state index contributed by atoms with van der Waals surface area (Å²) in [5, 5.41) is 8.81. The van der Waals surface area contributed by atoms with Crippen molar-refractivity contribution in [3.63, 3.8) is 0 Å². The molecular weight excluding hydrogens is 323 g/mol. The van der Waals surface area contributed by atoms with Gasteiger partial charge in [-0.05, 0) is 30.2 Å². The van der Waals surface area contributed by atoms with Crippen molar-refractivity contribution in [1.82, 2.24) is 9.97 Å². The Balaban J connectivity index is 2.06. The van der Waals surface area contributed by atoms with Gasteiger partial charge in [0, 0.05) is 24.1 Å². The van der Waals surface area contributed by atoms with Crippen LogP contribution in [0.4, 0.5) is 10.2 Å². The third-order valence-corrected chi connectivity index (χ3v) is 3.38. The molecule has 0 radical (unpaired) electrons. The highest BCUT2D eigenvalue weighted by molar-refractivity contribution is 9.10. The first-order valence-corrected chi connectivity index (χ1v) is 6.76. The van der Waals surface area contributed by atoms with E-state index in [1.54, 1.807) is 18.2 Å². The molecule has 0 aliphatic rings. The largest absolute Gasteiger partial charge is 0.359 e. The fraction of sp³-hybridized carbons (Fsp3) is 0.214.